The molecule has 1 unspecified atom stereocenters. The molecular weight excluding hydrogens is 482 g/mol. The number of aromatic nitrogens is 1. The first-order valence-electron chi connectivity index (χ1n) is 10.9. The third kappa shape index (κ3) is 3.87. The Morgan fingerprint density at radius 2 is 1.86 bits per heavy atom. The number of rotatable bonds is 5. The summed E-state index contributed by atoms with van der Waals surface area (Å²) in [5.41, 5.74) is 1.82. The van der Waals surface area contributed by atoms with Crippen LogP contribution >= 0.6 is 11.3 Å². The van der Waals surface area contributed by atoms with Crippen molar-refractivity contribution in [1.29, 1.82) is 0 Å². The maximum Gasteiger partial charge on any atom is 0.301 e. The van der Waals surface area contributed by atoms with Gasteiger partial charge in [-0.25, -0.2) is 4.98 Å². The Bertz CT molecular complexity index is 1570. The fourth-order valence-corrected chi connectivity index (χ4v) is 5.16. The van der Waals surface area contributed by atoms with Crippen molar-refractivity contribution in [3.63, 3.8) is 0 Å². The maximum absolute atomic E-state index is 13.3. The zero-order valence-corrected chi connectivity index (χ0v) is 20.0. The molecule has 10 heteroatoms. The van der Waals surface area contributed by atoms with Gasteiger partial charge in [0.05, 0.1) is 33.9 Å². The second-order valence-corrected chi connectivity index (χ2v) is 9.23. The molecule has 180 valence electrons. The molecule has 0 bridgehead atoms. The lowest BCUT2D eigenvalue weighted by molar-refractivity contribution is -0.384. The van der Waals surface area contributed by atoms with Gasteiger partial charge in [-0.1, -0.05) is 53.3 Å². The van der Waals surface area contributed by atoms with Gasteiger partial charge in [-0.2, -0.15) is 0 Å². The number of nitrogens with zero attached hydrogens (tertiary/aromatic N) is 3. The second kappa shape index (κ2) is 8.90. The van der Waals surface area contributed by atoms with Crippen molar-refractivity contribution in [2.45, 2.75) is 13.0 Å². The minimum absolute atomic E-state index is 0.166. The van der Waals surface area contributed by atoms with E-state index in [1.165, 1.54) is 41.5 Å². The van der Waals surface area contributed by atoms with Crippen LogP contribution in [-0.2, 0) is 9.59 Å². The van der Waals surface area contributed by atoms with E-state index in [9.17, 15) is 24.8 Å². The number of ketones is 1. The lowest BCUT2D eigenvalue weighted by Gasteiger charge is -2.22. The van der Waals surface area contributed by atoms with Crippen LogP contribution in [0.2, 0.25) is 0 Å². The first kappa shape index (κ1) is 23.2. The summed E-state index contributed by atoms with van der Waals surface area (Å²) in [6, 6.07) is 16.6. The number of anilines is 1. The molecule has 0 spiro atoms. The summed E-state index contributed by atoms with van der Waals surface area (Å²) in [5, 5.41) is 22.9. The fourth-order valence-electron chi connectivity index (χ4n) is 4.14. The molecule has 1 amide bonds. The second-order valence-electron chi connectivity index (χ2n) is 8.22. The molecule has 5 rings (SSSR count). The van der Waals surface area contributed by atoms with Crippen LogP contribution in [0.15, 0.2) is 72.3 Å². The SMILES string of the molecule is COc1ccc2nc(N3C(=O)C(=O)/C(=C(/O)c4ccc(C)cc4)C3c3cccc([N+](=O)[O-])c3)sc2c1. The summed E-state index contributed by atoms with van der Waals surface area (Å²) in [6.45, 7) is 1.88. The normalized spacial score (nSPS) is 17.1. The molecule has 1 aliphatic heterocycles. The number of aliphatic hydroxyl groups excluding tert-OH is 1. The van der Waals surface area contributed by atoms with E-state index in [1.807, 2.05) is 6.92 Å². The summed E-state index contributed by atoms with van der Waals surface area (Å²) in [6.07, 6.45) is 0. The number of nitro groups is 1. The molecular formula is C26H19N3O6S. The Hall–Kier alpha value is -4.57. The molecule has 9 nitrogen and oxygen atoms in total. The highest BCUT2D eigenvalue weighted by atomic mass is 32.1. The maximum atomic E-state index is 13.3. The number of methoxy groups -OCH3 is 1. The van der Waals surface area contributed by atoms with Crippen LogP contribution in [0, 0.1) is 17.0 Å². The van der Waals surface area contributed by atoms with Gasteiger partial charge in [0.25, 0.3) is 11.5 Å². The minimum atomic E-state index is -1.12. The predicted molar refractivity (Wildman–Crippen MR) is 135 cm³/mol. The van der Waals surface area contributed by atoms with Crippen LogP contribution in [0.4, 0.5) is 10.8 Å². The summed E-state index contributed by atoms with van der Waals surface area (Å²) >= 11 is 1.17. The summed E-state index contributed by atoms with van der Waals surface area (Å²) in [4.78, 5) is 43.3. The standard InChI is InChI=1S/C26H19N3O6S/c1-14-6-8-15(9-7-14)23(30)21-22(16-4-3-5-17(12-16)29(33)34)28(25(32)24(21)31)26-27-19-11-10-18(35-2)13-20(19)36-26/h3-13,22,30H,1-2H3/b23-21+. The van der Waals surface area contributed by atoms with Crippen molar-refractivity contribution < 1.29 is 24.4 Å². The van der Waals surface area contributed by atoms with Gasteiger partial charge in [0, 0.05) is 17.7 Å². The highest BCUT2D eigenvalue weighted by molar-refractivity contribution is 7.22. The summed E-state index contributed by atoms with van der Waals surface area (Å²) in [5.74, 6) is -1.54. The Morgan fingerprint density at radius 3 is 2.56 bits per heavy atom. The van der Waals surface area contributed by atoms with Gasteiger partial charge in [0.1, 0.15) is 11.5 Å². The number of nitro benzene ring substituents is 1. The molecule has 1 N–H and O–H groups in total. The molecule has 0 aliphatic carbocycles. The molecule has 1 aromatic heterocycles. The quantitative estimate of drug-likeness (QED) is 0.132. The smallest absolute Gasteiger partial charge is 0.301 e. The minimum Gasteiger partial charge on any atom is -0.507 e. The van der Waals surface area contributed by atoms with Crippen molar-refractivity contribution in [1.82, 2.24) is 4.98 Å². The molecule has 3 aromatic carbocycles. The number of thiazole rings is 1. The van der Waals surface area contributed by atoms with Gasteiger partial charge in [-0.3, -0.25) is 24.6 Å². The van der Waals surface area contributed by atoms with E-state index in [2.05, 4.69) is 4.98 Å². The van der Waals surface area contributed by atoms with Gasteiger partial charge in [0.15, 0.2) is 5.13 Å². The first-order valence-corrected chi connectivity index (χ1v) is 11.7. The van der Waals surface area contributed by atoms with E-state index < -0.39 is 22.7 Å². The number of hydrogen-bond acceptors (Lipinski definition) is 8. The Kier molecular flexibility index (Phi) is 5.73. The highest BCUT2D eigenvalue weighted by Gasteiger charge is 2.48. The topological polar surface area (TPSA) is 123 Å². The number of aliphatic hydroxyl groups is 1. The van der Waals surface area contributed by atoms with Crippen molar-refractivity contribution in [2.75, 3.05) is 12.0 Å². The number of benzene rings is 3. The van der Waals surface area contributed by atoms with E-state index in [4.69, 9.17) is 4.74 Å². The van der Waals surface area contributed by atoms with Crippen LogP contribution in [-0.4, -0.2) is 33.8 Å². The first-order chi connectivity index (χ1) is 17.3. The monoisotopic (exact) mass is 501 g/mol. The van der Waals surface area contributed by atoms with E-state index in [-0.39, 0.29) is 22.2 Å². The average Bonchev–Trinajstić information content (AvgIpc) is 3.41. The van der Waals surface area contributed by atoms with E-state index in [0.717, 1.165) is 10.3 Å². The van der Waals surface area contributed by atoms with Gasteiger partial charge in [-0.15, -0.1) is 0 Å². The number of hydrogen-bond donors (Lipinski definition) is 1. The van der Waals surface area contributed by atoms with E-state index in [0.29, 0.717) is 22.4 Å². The third-order valence-electron chi connectivity index (χ3n) is 5.96. The number of carbonyl (C=O) groups excluding carboxylic acids is 2. The summed E-state index contributed by atoms with van der Waals surface area (Å²) < 4.78 is 5.99. The lowest BCUT2D eigenvalue weighted by Crippen LogP contribution is -2.29. The third-order valence-corrected chi connectivity index (χ3v) is 6.97. The Labute approximate surface area is 209 Å². The fraction of sp³-hybridized carbons (Fsp3) is 0.115. The average molecular weight is 502 g/mol. The van der Waals surface area contributed by atoms with Crippen LogP contribution in [0.5, 0.6) is 5.75 Å². The van der Waals surface area contributed by atoms with E-state index in [1.54, 1.807) is 48.5 Å². The van der Waals surface area contributed by atoms with Crippen LogP contribution < -0.4 is 9.64 Å². The largest absolute Gasteiger partial charge is 0.507 e. The van der Waals surface area contributed by atoms with Crippen LogP contribution in [0.3, 0.4) is 0 Å². The van der Waals surface area contributed by atoms with Gasteiger partial charge >= 0.3 is 5.91 Å². The molecule has 4 aromatic rings. The number of fused-ring (bicyclic) bond motifs is 1. The zero-order chi connectivity index (χ0) is 25.6. The molecule has 1 atom stereocenters. The Balaban J connectivity index is 1.74. The van der Waals surface area contributed by atoms with Crippen molar-refractivity contribution in [3.05, 3.63) is 99.1 Å². The van der Waals surface area contributed by atoms with Gasteiger partial charge in [0.2, 0.25) is 0 Å². The number of ether oxygens (including phenoxy) is 1. The number of Topliss-reactive ketones (excluding diaryl/α,β-unsaturated/α-hetero) is 1. The highest BCUT2D eigenvalue weighted by Crippen LogP contribution is 2.45. The van der Waals surface area contributed by atoms with Crippen LogP contribution in [0.25, 0.3) is 16.0 Å². The number of amides is 1. The Morgan fingerprint density at radius 1 is 1.11 bits per heavy atom. The van der Waals surface area contributed by atoms with Crippen molar-refractivity contribution in [3.8, 4) is 5.75 Å². The van der Waals surface area contributed by atoms with Gasteiger partial charge in [-0.05, 0) is 30.7 Å². The molecule has 2 heterocycles. The number of aryl methyl sites for hydroxylation is 1. The molecule has 0 saturated carbocycles. The predicted octanol–water partition coefficient (Wildman–Crippen LogP) is 5.15. The van der Waals surface area contributed by atoms with Crippen molar-refractivity contribution in [2.24, 2.45) is 0 Å². The zero-order valence-electron chi connectivity index (χ0n) is 19.2. The molecule has 1 saturated heterocycles. The lowest BCUT2D eigenvalue weighted by atomic mass is 9.95. The summed E-state index contributed by atoms with van der Waals surface area (Å²) in [7, 11) is 1.54. The molecule has 1 fully saturated rings. The van der Waals surface area contributed by atoms with Gasteiger partial charge < -0.3 is 9.84 Å². The molecule has 1 aliphatic rings. The van der Waals surface area contributed by atoms with E-state index >= 15 is 0 Å². The molecule has 36 heavy (non-hydrogen) atoms. The number of carbonyl (C=O) groups is 2. The van der Waals surface area contributed by atoms with Crippen LogP contribution in [0.1, 0.15) is 22.7 Å². The van der Waals surface area contributed by atoms with Crippen molar-refractivity contribution >= 4 is 49.8 Å². The molecule has 0 radical (unpaired) electrons. The number of non-ortho nitro benzene ring substituents is 1.